The maximum atomic E-state index is 12.6. The second kappa shape index (κ2) is 8.43. The number of hydrogen-bond donors (Lipinski definition) is 0. The Morgan fingerprint density at radius 2 is 1.32 bits per heavy atom. The van der Waals surface area contributed by atoms with Crippen LogP contribution in [-0.4, -0.2) is 33.3 Å². The molecule has 0 spiro atoms. The van der Waals surface area contributed by atoms with E-state index in [4.69, 9.17) is 14.2 Å². The molecule has 1 aliphatic heterocycles. The predicted molar refractivity (Wildman–Crippen MR) is 105 cm³/mol. The highest BCUT2D eigenvalue weighted by atomic mass is 16.5. The number of carbonyl (C=O) groups excluding carboxylic acids is 2. The summed E-state index contributed by atoms with van der Waals surface area (Å²) in [7, 11) is 4.21. The van der Waals surface area contributed by atoms with Crippen LogP contribution in [0.4, 0.5) is 5.69 Å². The summed E-state index contributed by atoms with van der Waals surface area (Å²) >= 11 is 0. The number of benzene rings is 2. The molecule has 3 rings (SSSR count). The number of para-hydroxylation sites is 1. The van der Waals surface area contributed by atoms with Crippen LogP contribution < -0.4 is 9.64 Å². The Morgan fingerprint density at radius 3 is 1.79 bits per heavy atom. The van der Waals surface area contributed by atoms with Gasteiger partial charge in [0.1, 0.15) is 5.75 Å². The van der Waals surface area contributed by atoms with Gasteiger partial charge in [0.15, 0.2) is 0 Å². The molecule has 0 fully saturated rings. The van der Waals surface area contributed by atoms with Crippen molar-refractivity contribution in [2.75, 3.05) is 26.2 Å². The molecule has 0 atom stereocenters. The van der Waals surface area contributed by atoms with E-state index in [-0.39, 0.29) is 0 Å². The van der Waals surface area contributed by atoms with E-state index in [1.54, 1.807) is 36.5 Å². The lowest BCUT2D eigenvalue weighted by molar-refractivity contribution is -0.137. The lowest BCUT2D eigenvalue weighted by atomic mass is 9.83. The minimum absolute atomic E-state index is 0.333. The lowest BCUT2D eigenvalue weighted by Crippen LogP contribution is -2.28. The largest absolute Gasteiger partial charge is 0.497 e. The lowest BCUT2D eigenvalue weighted by Gasteiger charge is -2.30. The molecule has 144 valence electrons. The van der Waals surface area contributed by atoms with Crippen molar-refractivity contribution < 1.29 is 23.8 Å². The quantitative estimate of drug-likeness (QED) is 0.742. The number of carbonyl (C=O) groups is 2. The van der Waals surface area contributed by atoms with E-state index in [1.807, 2.05) is 42.5 Å². The van der Waals surface area contributed by atoms with Crippen LogP contribution in [0.1, 0.15) is 11.5 Å². The summed E-state index contributed by atoms with van der Waals surface area (Å²) in [5, 5.41) is 0. The Morgan fingerprint density at radius 1 is 0.786 bits per heavy atom. The molecule has 2 aromatic carbocycles. The molecule has 28 heavy (non-hydrogen) atoms. The zero-order valence-electron chi connectivity index (χ0n) is 15.9. The minimum atomic E-state index is -0.620. The summed E-state index contributed by atoms with van der Waals surface area (Å²) in [4.78, 5) is 26.9. The van der Waals surface area contributed by atoms with Crippen molar-refractivity contribution in [2.45, 2.75) is 5.92 Å². The summed E-state index contributed by atoms with van der Waals surface area (Å²) in [6.07, 6.45) is 3.37. The topological polar surface area (TPSA) is 65.1 Å². The number of methoxy groups -OCH3 is 3. The number of hydrogen-bond acceptors (Lipinski definition) is 6. The summed E-state index contributed by atoms with van der Waals surface area (Å²) in [5.41, 5.74) is 2.22. The number of anilines is 1. The molecule has 0 N–H and O–H groups in total. The molecule has 0 aromatic heterocycles. The molecular formula is C22H21NO5. The fourth-order valence-corrected chi connectivity index (χ4v) is 3.14. The average Bonchev–Trinajstić information content (AvgIpc) is 2.77. The van der Waals surface area contributed by atoms with Gasteiger partial charge >= 0.3 is 11.9 Å². The van der Waals surface area contributed by atoms with E-state index in [1.165, 1.54) is 14.2 Å². The standard InChI is InChI=1S/C22H21NO5/c1-26-17-11-9-15(10-12-17)20-18(21(24)27-2)13-23(14-19(20)22(25)28-3)16-7-5-4-6-8-16/h4-14,20H,1-3H3. The zero-order valence-corrected chi connectivity index (χ0v) is 15.9. The predicted octanol–water partition coefficient (Wildman–Crippen LogP) is 3.41. The second-order valence-electron chi connectivity index (χ2n) is 6.10. The Balaban J connectivity index is 2.14. The third-order valence-electron chi connectivity index (χ3n) is 4.52. The van der Waals surface area contributed by atoms with E-state index < -0.39 is 17.9 Å². The van der Waals surface area contributed by atoms with Crippen molar-refractivity contribution in [3.63, 3.8) is 0 Å². The number of nitrogens with zero attached hydrogens (tertiary/aromatic N) is 1. The first-order valence-electron chi connectivity index (χ1n) is 8.66. The summed E-state index contributed by atoms with van der Waals surface area (Å²) in [6, 6.07) is 16.6. The van der Waals surface area contributed by atoms with Crippen LogP contribution in [0, 0.1) is 0 Å². The van der Waals surface area contributed by atoms with E-state index in [0.717, 1.165) is 11.3 Å². The van der Waals surface area contributed by atoms with Gasteiger partial charge in [0, 0.05) is 18.1 Å². The van der Waals surface area contributed by atoms with Crippen molar-refractivity contribution >= 4 is 17.6 Å². The first-order chi connectivity index (χ1) is 13.6. The van der Waals surface area contributed by atoms with Crippen molar-refractivity contribution in [1.82, 2.24) is 0 Å². The van der Waals surface area contributed by atoms with Gasteiger partial charge < -0.3 is 19.1 Å². The monoisotopic (exact) mass is 379 g/mol. The van der Waals surface area contributed by atoms with Crippen LogP contribution >= 0.6 is 0 Å². The summed E-state index contributed by atoms with van der Waals surface area (Å²) in [6.45, 7) is 0. The molecule has 0 saturated heterocycles. The Labute approximate surface area is 163 Å². The molecule has 0 amide bonds. The van der Waals surface area contributed by atoms with Crippen LogP contribution in [-0.2, 0) is 19.1 Å². The van der Waals surface area contributed by atoms with E-state index >= 15 is 0 Å². The molecule has 6 nitrogen and oxygen atoms in total. The van der Waals surface area contributed by atoms with Gasteiger partial charge in [-0.25, -0.2) is 9.59 Å². The minimum Gasteiger partial charge on any atom is -0.497 e. The molecule has 1 aliphatic rings. The highest BCUT2D eigenvalue weighted by molar-refractivity contribution is 5.99. The van der Waals surface area contributed by atoms with Gasteiger partial charge in [0.05, 0.1) is 38.4 Å². The first-order valence-corrected chi connectivity index (χ1v) is 8.66. The normalized spacial score (nSPS) is 14.0. The number of ether oxygens (including phenoxy) is 3. The van der Waals surface area contributed by atoms with Gasteiger partial charge in [0.25, 0.3) is 0 Å². The van der Waals surface area contributed by atoms with Crippen LogP contribution in [0.5, 0.6) is 5.75 Å². The third-order valence-corrected chi connectivity index (χ3v) is 4.52. The summed E-state index contributed by atoms with van der Waals surface area (Å²) in [5.74, 6) is -0.976. The molecule has 0 saturated carbocycles. The highest BCUT2D eigenvalue weighted by Crippen LogP contribution is 2.38. The second-order valence-corrected chi connectivity index (χ2v) is 6.10. The maximum Gasteiger partial charge on any atom is 0.336 e. The van der Waals surface area contributed by atoms with Crippen molar-refractivity contribution in [1.29, 1.82) is 0 Å². The van der Waals surface area contributed by atoms with Crippen LogP contribution in [0.15, 0.2) is 78.1 Å². The molecule has 0 unspecified atom stereocenters. The zero-order chi connectivity index (χ0) is 20.1. The van der Waals surface area contributed by atoms with Crippen LogP contribution in [0.2, 0.25) is 0 Å². The third kappa shape index (κ3) is 3.76. The molecule has 1 heterocycles. The van der Waals surface area contributed by atoms with Crippen molar-refractivity contribution in [3.8, 4) is 5.75 Å². The number of esters is 2. The molecule has 0 aliphatic carbocycles. The SMILES string of the molecule is COC(=O)C1=CN(c2ccccc2)C=C(C(=O)OC)C1c1ccc(OC)cc1. The molecule has 0 bridgehead atoms. The van der Waals surface area contributed by atoms with Crippen LogP contribution in [0.25, 0.3) is 0 Å². The van der Waals surface area contributed by atoms with E-state index in [0.29, 0.717) is 16.9 Å². The van der Waals surface area contributed by atoms with Gasteiger partial charge in [-0.3, -0.25) is 0 Å². The molecule has 0 radical (unpaired) electrons. The fourth-order valence-electron chi connectivity index (χ4n) is 3.14. The van der Waals surface area contributed by atoms with Crippen molar-refractivity contribution in [3.05, 3.63) is 83.7 Å². The van der Waals surface area contributed by atoms with Gasteiger partial charge in [-0.1, -0.05) is 30.3 Å². The van der Waals surface area contributed by atoms with Gasteiger partial charge in [-0.2, -0.15) is 0 Å². The summed E-state index contributed by atoms with van der Waals surface area (Å²) < 4.78 is 15.2. The molecule has 6 heteroatoms. The molecule has 2 aromatic rings. The Kier molecular flexibility index (Phi) is 5.79. The van der Waals surface area contributed by atoms with Crippen molar-refractivity contribution in [2.24, 2.45) is 0 Å². The van der Waals surface area contributed by atoms with E-state index in [2.05, 4.69) is 0 Å². The average molecular weight is 379 g/mol. The van der Waals surface area contributed by atoms with Gasteiger partial charge in [-0.15, -0.1) is 0 Å². The molecular weight excluding hydrogens is 358 g/mol. The Hall–Kier alpha value is -3.54. The maximum absolute atomic E-state index is 12.6. The Bertz CT molecular complexity index is 882. The van der Waals surface area contributed by atoms with Crippen LogP contribution in [0.3, 0.4) is 0 Å². The first kappa shape index (κ1) is 19.2. The van der Waals surface area contributed by atoms with Gasteiger partial charge in [-0.05, 0) is 29.8 Å². The highest BCUT2D eigenvalue weighted by Gasteiger charge is 2.35. The van der Waals surface area contributed by atoms with E-state index in [9.17, 15) is 9.59 Å². The fraction of sp³-hybridized carbons (Fsp3) is 0.182. The van der Waals surface area contributed by atoms with Gasteiger partial charge in [0.2, 0.25) is 0 Å². The smallest absolute Gasteiger partial charge is 0.336 e. The number of rotatable bonds is 5.